The van der Waals surface area contributed by atoms with Gasteiger partial charge in [0, 0.05) is 0 Å². The first-order valence-electron chi connectivity index (χ1n) is 3.45. The zero-order chi connectivity index (χ0) is 7.82. The number of nitrogens with one attached hydrogen (secondary N) is 1. The molecule has 0 aliphatic heterocycles. The number of hydrogen-bond acceptors (Lipinski definition) is 2. The summed E-state index contributed by atoms with van der Waals surface area (Å²) in [6, 6.07) is 0. The standard InChI is InChI=1S/C6H12NO2.Hg/c1-3-9-5-4-7-6(2)8;/h2-5H2,1H3,(H,7,8);. The van der Waals surface area contributed by atoms with Gasteiger partial charge in [0.1, 0.15) is 0 Å². The van der Waals surface area contributed by atoms with Gasteiger partial charge in [0.15, 0.2) is 0 Å². The fourth-order valence-electron chi connectivity index (χ4n) is 0.495. The minimum atomic E-state index is 0.169. The van der Waals surface area contributed by atoms with Crippen LogP contribution in [0.15, 0.2) is 0 Å². The van der Waals surface area contributed by atoms with Crippen LogP contribution in [0.2, 0.25) is 3.93 Å². The Balaban J connectivity index is 2.96. The molecule has 0 aliphatic carbocycles. The van der Waals surface area contributed by atoms with Gasteiger partial charge in [0.25, 0.3) is 0 Å². The maximum absolute atomic E-state index is 10.7. The molecule has 1 amide bonds. The van der Waals surface area contributed by atoms with Crippen LogP contribution in [0.3, 0.4) is 0 Å². The normalized spacial score (nSPS) is 9.50. The zero-order valence-corrected chi connectivity index (χ0v) is 11.8. The van der Waals surface area contributed by atoms with Crippen molar-refractivity contribution in [3.05, 3.63) is 0 Å². The van der Waals surface area contributed by atoms with Gasteiger partial charge in [-0.05, 0) is 0 Å². The molecule has 0 aromatic carbocycles. The van der Waals surface area contributed by atoms with Crippen LogP contribution in [0.4, 0.5) is 0 Å². The molecular formula is C6H12HgNO2. The zero-order valence-electron chi connectivity index (χ0n) is 6.35. The number of hydrogen-bond donors (Lipinski definition) is 1. The summed E-state index contributed by atoms with van der Waals surface area (Å²) in [5.74, 6) is 0.169. The third kappa shape index (κ3) is 6.48. The van der Waals surface area contributed by atoms with E-state index in [9.17, 15) is 4.79 Å². The van der Waals surface area contributed by atoms with Gasteiger partial charge in [0.05, 0.1) is 0 Å². The molecule has 3 nitrogen and oxygen atoms in total. The van der Waals surface area contributed by atoms with Gasteiger partial charge in [-0.3, -0.25) is 0 Å². The van der Waals surface area contributed by atoms with Crippen LogP contribution in [0.5, 0.6) is 0 Å². The van der Waals surface area contributed by atoms with E-state index in [1.54, 1.807) is 0 Å². The van der Waals surface area contributed by atoms with Crippen LogP contribution >= 0.6 is 0 Å². The topological polar surface area (TPSA) is 38.3 Å². The third-order valence-electron chi connectivity index (χ3n) is 1.000. The molecular weight excluding hydrogens is 319 g/mol. The van der Waals surface area contributed by atoms with Crippen molar-refractivity contribution >= 4 is 5.91 Å². The minimum absolute atomic E-state index is 0.169. The fraction of sp³-hybridized carbons (Fsp3) is 0.833. The van der Waals surface area contributed by atoms with Crippen molar-refractivity contribution < 1.29 is 35.7 Å². The second kappa shape index (κ2) is 7.47. The Hall–Kier alpha value is 0.365. The van der Waals surface area contributed by atoms with E-state index < -0.39 is 0 Å². The molecule has 0 unspecified atom stereocenters. The van der Waals surface area contributed by atoms with Crippen LogP contribution in [0.25, 0.3) is 0 Å². The van der Waals surface area contributed by atoms with E-state index in [4.69, 9.17) is 4.74 Å². The molecule has 0 aromatic heterocycles. The molecule has 0 aromatic rings. The predicted molar refractivity (Wildman–Crippen MR) is 34.3 cm³/mol. The van der Waals surface area contributed by atoms with Crippen LogP contribution in [-0.4, -0.2) is 25.7 Å². The first-order valence-corrected chi connectivity index (χ1v) is 7.33. The van der Waals surface area contributed by atoms with Crippen molar-refractivity contribution in [2.75, 3.05) is 19.8 Å². The molecule has 0 spiro atoms. The quantitative estimate of drug-likeness (QED) is 0.574. The molecule has 0 heterocycles. The molecule has 10 heavy (non-hydrogen) atoms. The average molecular weight is 331 g/mol. The van der Waals surface area contributed by atoms with Gasteiger partial charge in [-0.15, -0.1) is 0 Å². The molecule has 0 saturated heterocycles. The van der Waals surface area contributed by atoms with E-state index in [0.717, 1.165) is 10.5 Å². The van der Waals surface area contributed by atoms with Gasteiger partial charge in [0.2, 0.25) is 0 Å². The summed E-state index contributed by atoms with van der Waals surface area (Å²) in [5, 5.41) is 2.75. The maximum atomic E-state index is 10.7. The van der Waals surface area contributed by atoms with Gasteiger partial charge in [-0.25, -0.2) is 0 Å². The molecule has 0 aliphatic rings. The van der Waals surface area contributed by atoms with E-state index in [-0.39, 0.29) is 5.91 Å². The summed E-state index contributed by atoms with van der Waals surface area (Å²) in [5.41, 5.74) is 0. The Morgan fingerprint density at radius 3 is 2.90 bits per heavy atom. The predicted octanol–water partition coefficient (Wildman–Crippen LogP) is 0.104. The van der Waals surface area contributed by atoms with Gasteiger partial charge in [-0.2, -0.15) is 0 Å². The van der Waals surface area contributed by atoms with Crippen molar-refractivity contribution in [2.45, 2.75) is 10.9 Å². The van der Waals surface area contributed by atoms with E-state index in [2.05, 4.69) is 5.32 Å². The van der Waals surface area contributed by atoms with Crippen molar-refractivity contribution in [3.63, 3.8) is 0 Å². The van der Waals surface area contributed by atoms with Gasteiger partial charge in [-0.1, -0.05) is 0 Å². The molecule has 0 bridgehead atoms. The van der Waals surface area contributed by atoms with Crippen molar-refractivity contribution in [2.24, 2.45) is 0 Å². The van der Waals surface area contributed by atoms with Crippen molar-refractivity contribution in [3.8, 4) is 0 Å². The second-order valence-corrected chi connectivity index (χ2v) is 3.74. The molecule has 0 saturated carbocycles. The monoisotopic (exact) mass is 332 g/mol. The Morgan fingerprint density at radius 2 is 2.40 bits per heavy atom. The van der Waals surface area contributed by atoms with Crippen LogP contribution < -0.4 is 5.32 Å². The van der Waals surface area contributed by atoms with E-state index >= 15 is 0 Å². The van der Waals surface area contributed by atoms with Crippen LogP contribution in [-0.2, 0) is 35.7 Å². The van der Waals surface area contributed by atoms with E-state index in [1.165, 1.54) is 0 Å². The molecule has 4 heteroatoms. The van der Waals surface area contributed by atoms with Crippen LogP contribution in [0, 0.1) is 0 Å². The Bertz CT molecular complexity index is 97.7. The number of ether oxygens (including phenoxy) is 1. The average Bonchev–Trinajstić information content (AvgIpc) is 1.98. The second-order valence-electron chi connectivity index (χ2n) is 1.80. The van der Waals surface area contributed by atoms with Crippen molar-refractivity contribution in [1.82, 2.24) is 5.32 Å². The SMILES string of the molecule is CCOCCNC(=O)[CH2][Hg]. The summed E-state index contributed by atoms with van der Waals surface area (Å²) in [6.07, 6.45) is 0. The van der Waals surface area contributed by atoms with E-state index in [1.807, 2.05) is 6.92 Å². The Morgan fingerprint density at radius 1 is 1.70 bits per heavy atom. The Labute approximate surface area is 77.5 Å². The molecule has 0 radical (unpaired) electrons. The number of carbonyl (C=O) groups excluding carboxylic acids is 1. The number of amides is 1. The van der Waals surface area contributed by atoms with Crippen LogP contribution in [0.1, 0.15) is 6.92 Å². The van der Waals surface area contributed by atoms with Gasteiger partial charge < -0.3 is 0 Å². The Kier molecular flexibility index (Phi) is 7.74. The first-order chi connectivity index (χ1) is 4.81. The van der Waals surface area contributed by atoms with Gasteiger partial charge >= 0.3 is 77.5 Å². The summed E-state index contributed by atoms with van der Waals surface area (Å²) < 4.78 is 5.77. The molecule has 0 fully saturated rings. The summed E-state index contributed by atoms with van der Waals surface area (Å²) in [6.45, 7) is 3.96. The van der Waals surface area contributed by atoms with Crippen molar-refractivity contribution in [1.29, 1.82) is 0 Å². The first kappa shape index (κ1) is 10.4. The molecule has 0 rings (SSSR count). The summed E-state index contributed by atoms with van der Waals surface area (Å²) in [4.78, 5) is 10.7. The fourth-order valence-corrected chi connectivity index (χ4v) is 1.18. The third-order valence-corrected chi connectivity index (χ3v) is 2.77. The number of carbonyl (C=O) groups is 1. The van der Waals surface area contributed by atoms with E-state index in [0.29, 0.717) is 39.3 Å². The molecule has 1 N–H and O–H groups in total. The summed E-state index contributed by atoms with van der Waals surface area (Å²) >= 11 is 0.583. The summed E-state index contributed by atoms with van der Waals surface area (Å²) in [7, 11) is 0. The number of rotatable bonds is 5. The molecule has 0 atom stereocenters. The molecule has 55 valence electrons.